The maximum absolute atomic E-state index is 15.2. The van der Waals surface area contributed by atoms with Crippen molar-refractivity contribution in [2.24, 2.45) is 11.7 Å². The van der Waals surface area contributed by atoms with Crippen LogP contribution in [0.3, 0.4) is 0 Å². The number of halogens is 2. The van der Waals surface area contributed by atoms with Crippen LogP contribution in [0.25, 0.3) is 0 Å². The zero-order valence-electron chi connectivity index (χ0n) is 24.8. The van der Waals surface area contributed by atoms with E-state index < -0.39 is 27.8 Å². The van der Waals surface area contributed by atoms with Gasteiger partial charge in [-0.2, -0.15) is 4.31 Å². The van der Waals surface area contributed by atoms with Gasteiger partial charge < -0.3 is 21.1 Å². The van der Waals surface area contributed by atoms with E-state index in [0.717, 1.165) is 37.7 Å². The standard InChI is InChI=1S/C32H44F2N4O4S/c1-2-42-26-15-10-22(11-16-26)30(21-8-12-23(33)13-9-21)31(35)32(39)37-29-7-3-6-28(34)27(29)17-14-25-19-36-24-5-4-18-43(40,41)38(25)20-24/h3,6-9,12-13,22,24-26,30-31,36H,2,4-5,10-11,14-20,35H2,1H3,(H,37,39). The summed E-state index contributed by atoms with van der Waals surface area (Å²) in [6, 6.07) is 9.59. The number of nitrogens with zero attached hydrogens (tertiary/aromatic N) is 1. The van der Waals surface area contributed by atoms with Crippen LogP contribution >= 0.6 is 0 Å². The Labute approximate surface area is 253 Å². The predicted octanol–water partition coefficient (Wildman–Crippen LogP) is 4.31. The first-order valence-electron chi connectivity index (χ1n) is 15.6. The van der Waals surface area contributed by atoms with Gasteiger partial charge in [0.25, 0.3) is 0 Å². The highest BCUT2D eigenvalue weighted by molar-refractivity contribution is 7.89. The normalized spacial score (nSPS) is 28.4. The fourth-order valence-corrected chi connectivity index (χ4v) is 8.98. The average Bonchev–Trinajstić information content (AvgIpc) is 3.10. The van der Waals surface area contributed by atoms with Gasteiger partial charge in [-0.1, -0.05) is 18.2 Å². The van der Waals surface area contributed by atoms with Crippen LogP contribution in [0, 0.1) is 17.6 Å². The highest BCUT2D eigenvalue weighted by atomic mass is 32.2. The fourth-order valence-electron chi connectivity index (χ4n) is 7.17. The lowest BCUT2D eigenvalue weighted by molar-refractivity contribution is -0.118. The van der Waals surface area contributed by atoms with Crippen molar-refractivity contribution in [1.29, 1.82) is 0 Å². The number of piperazine rings is 1. The van der Waals surface area contributed by atoms with Crippen molar-refractivity contribution in [2.75, 3.05) is 30.8 Å². The van der Waals surface area contributed by atoms with Crippen LogP contribution in [-0.2, 0) is 26.0 Å². The first-order valence-corrected chi connectivity index (χ1v) is 17.2. The van der Waals surface area contributed by atoms with E-state index in [4.69, 9.17) is 10.5 Å². The number of rotatable bonds is 10. The maximum Gasteiger partial charge on any atom is 0.241 e. The molecule has 0 radical (unpaired) electrons. The molecule has 2 bridgehead atoms. The zero-order chi connectivity index (χ0) is 30.6. The van der Waals surface area contributed by atoms with Gasteiger partial charge in [-0.25, -0.2) is 17.2 Å². The van der Waals surface area contributed by atoms with Crippen LogP contribution in [0.4, 0.5) is 14.5 Å². The monoisotopic (exact) mass is 618 g/mol. The molecule has 4 N–H and O–H groups in total. The third-order valence-electron chi connectivity index (χ3n) is 9.44. The van der Waals surface area contributed by atoms with Crippen molar-refractivity contribution in [1.82, 2.24) is 9.62 Å². The molecule has 43 heavy (non-hydrogen) atoms. The number of anilines is 1. The Morgan fingerprint density at radius 3 is 2.58 bits per heavy atom. The topological polar surface area (TPSA) is 114 Å². The summed E-state index contributed by atoms with van der Waals surface area (Å²) in [6.07, 6.45) is 5.68. The molecule has 236 valence electrons. The number of ether oxygens (including phenoxy) is 1. The zero-order valence-corrected chi connectivity index (χ0v) is 25.6. The van der Waals surface area contributed by atoms with E-state index in [1.165, 1.54) is 18.2 Å². The van der Waals surface area contributed by atoms with Gasteiger partial charge in [0.1, 0.15) is 11.6 Å². The number of sulfonamides is 1. The molecule has 0 spiro atoms. The Bertz CT molecular complexity index is 1350. The fraction of sp³-hybridized carbons (Fsp3) is 0.594. The molecule has 2 heterocycles. The van der Waals surface area contributed by atoms with Crippen molar-refractivity contribution in [2.45, 2.75) is 88.4 Å². The van der Waals surface area contributed by atoms with Gasteiger partial charge in [0.05, 0.1) is 17.9 Å². The summed E-state index contributed by atoms with van der Waals surface area (Å²) in [5.41, 5.74) is 8.13. The minimum atomic E-state index is -3.37. The number of carbonyl (C=O) groups is 1. The second-order valence-corrected chi connectivity index (χ2v) is 14.2. The van der Waals surface area contributed by atoms with Crippen molar-refractivity contribution in [3.8, 4) is 0 Å². The lowest BCUT2D eigenvalue weighted by Gasteiger charge is -2.37. The Morgan fingerprint density at radius 2 is 1.86 bits per heavy atom. The Kier molecular flexibility index (Phi) is 10.5. The molecule has 1 amide bonds. The molecule has 5 unspecified atom stereocenters. The van der Waals surface area contributed by atoms with E-state index in [0.29, 0.717) is 43.8 Å². The van der Waals surface area contributed by atoms with E-state index in [9.17, 15) is 17.6 Å². The van der Waals surface area contributed by atoms with Crippen molar-refractivity contribution in [3.63, 3.8) is 0 Å². The minimum absolute atomic E-state index is 0.105. The maximum atomic E-state index is 15.2. The number of hydrogen-bond donors (Lipinski definition) is 3. The van der Waals surface area contributed by atoms with E-state index in [2.05, 4.69) is 10.6 Å². The third-order valence-corrected chi connectivity index (χ3v) is 11.4. The molecular weight excluding hydrogens is 574 g/mol. The molecule has 2 saturated heterocycles. The van der Waals surface area contributed by atoms with Gasteiger partial charge >= 0.3 is 0 Å². The van der Waals surface area contributed by atoms with Crippen LogP contribution in [0.15, 0.2) is 42.5 Å². The highest BCUT2D eigenvalue weighted by Crippen LogP contribution is 2.39. The third kappa shape index (κ3) is 7.62. The van der Waals surface area contributed by atoms with E-state index in [1.807, 2.05) is 6.92 Å². The smallest absolute Gasteiger partial charge is 0.241 e. The lowest BCUT2D eigenvalue weighted by Crippen LogP contribution is -2.57. The van der Waals surface area contributed by atoms with Gasteiger partial charge in [-0.05, 0) is 94.0 Å². The summed E-state index contributed by atoms with van der Waals surface area (Å²) >= 11 is 0. The largest absolute Gasteiger partial charge is 0.379 e. The van der Waals surface area contributed by atoms with Crippen LogP contribution in [-0.4, -0.2) is 68.3 Å². The van der Waals surface area contributed by atoms with Gasteiger partial charge in [0, 0.05) is 48.9 Å². The molecule has 2 aromatic carbocycles. The number of fused-ring (bicyclic) bond motifs is 2. The summed E-state index contributed by atoms with van der Waals surface area (Å²) in [6.45, 7) is 3.57. The molecule has 5 rings (SSSR count). The van der Waals surface area contributed by atoms with Crippen molar-refractivity contribution in [3.05, 3.63) is 65.2 Å². The van der Waals surface area contributed by atoms with Crippen LogP contribution in [0.2, 0.25) is 0 Å². The quantitative estimate of drug-likeness (QED) is 0.366. The number of nitrogens with one attached hydrogen (secondary N) is 2. The second-order valence-electron chi connectivity index (χ2n) is 12.2. The Morgan fingerprint density at radius 1 is 1.12 bits per heavy atom. The summed E-state index contributed by atoms with van der Waals surface area (Å²) in [5, 5.41) is 6.33. The first kappa shape index (κ1) is 32.0. The molecule has 1 aliphatic carbocycles. The summed E-state index contributed by atoms with van der Waals surface area (Å²) in [5.74, 6) is -1.38. The summed E-state index contributed by atoms with van der Waals surface area (Å²) in [4.78, 5) is 13.7. The van der Waals surface area contributed by atoms with Crippen molar-refractivity contribution >= 4 is 21.6 Å². The highest BCUT2D eigenvalue weighted by Gasteiger charge is 2.39. The summed E-state index contributed by atoms with van der Waals surface area (Å²) < 4.78 is 62.2. The molecule has 2 aromatic rings. The van der Waals surface area contributed by atoms with Gasteiger partial charge in [0.2, 0.25) is 15.9 Å². The molecule has 2 aliphatic heterocycles. The van der Waals surface area contributed by atoms with Gasteiger partial charge in [-0.15, -0.1) is 0 Å². The van der Waals surface area contributed by atoms with E-state index >= 15 is 4.39 Å². The number of carbonyl (C=O) groups excluding carboxylic acids is 1. The first-order chi connectivity index (χ1) is 20.7. The van der Waals surface area contributed by atoms with E-state index in [-0.39, 0.29) is 48.0 Å². The molecule has 5 atom stereocenters. The molecule has 11 heteroatoms. The van der Waals surface area contributed by atoms with Crippen LogP contribution < -0.4 is 16.4 Å². The number of hydrogen-bond acceptors (Lipinski definition) is 6. The van der Waals surface area contributed by atoms with Crippen LogP contribution in [0.5, 0.6) is 0 Å². The molecule has 1 saturated carbocycles. The average molecular weight is 619 g/mol. The minimum Gasteiger partial charge on any atom is -0.379 e. The van der Waals surface area contributed by atoms with Crippen LogP contribution in [0.1, 0.15) is 68.9 Å². The second kappa shape index (κ2) is 14.1. The number of amides is 1. The molecule has 3 fully saturated rings. The summed E-state index contributed by atoms with van der Waals surface area (Å²) in [7, 11) is -3.37. The predicted molar refractivity (Wildman–Crippen MR) is 163 cm³/mol. The molecule has 0 aromatic heterocycles. The van der Waals surface area contributed by atoms with Gasteiger partial charge in [0.15, 0.2) is 0 Å². The van der Waals surface area contributed by atoms with Gasteiger partial charge in [-0.3, -0.25) is 4.79 Å². The molecule has 8 nitrogen and oxygen atoms in total. The molecular formula is C32H44F2N4O4S. The SMILES string of the molecule is CCOC1CCC(C(c2ccc(F)cc2)C(N)C(=O)Nc2cccc(F)c2CCC2CNC3CCCS(=O)(=O)N2C3)CC1. The number of benzene rings is 2. The van der Waals surface area contributed by atoms with Crippen molar-refractivity contribution < 1.29 is 26.7 Å². The Balaban J connectivity index is 1.31. The van der Waals surface area contributed by atoms with E-state index in [1.54, 1.807) is 28.6 Å². The Hall–Kier alpha value is -2.44. The lowest BCUT2D eigenvalue weighted by atomic mass is 9.72. The molecule has 3 aliphatic rings. The number of nitrogens with two attached hydrogens (primary N) is 1.